The summed E-state index contributed by atoms with van der Waals surface area (Å²) < 4.78 is 0. The van der Waals surface area contributed by atoms with Gasteiger partial charge in [-0.05, 0) is 31.0 Å². The van der Waals surface area contributed by atoms with Gasteiger partial charge in [0.15, 0.2) is 0 Å². The second-order valence-electron chi connectivity index (χ2n) is 4.05. The Morgan fingerprint density at radius 3 is 2.38 bits per heavy atom. The summed E-state index contributed by atoms with van der Waals surface area (Å²) in [4.78, 5) is 24.4. The molecular formula is C12H14N2O2. The number of aryl methyl sites for hydroxylation is 1. The van der Waals surface area contributed by atoms with Crippen LogP contribution in [0.15, 0.2) is 18.2 Å². The van der Waals surface area contributed by atoms with Crippen molar-refractivity contribution in [2.24, 2.45) is 0 Å². The second kappa shape index (κ2) is 3.96. The molecule has 4 heteroatoms. The van der Waals surface area contributed by atoms with Gasteiger partial charge in [0.05, 0.1) is 13.1 Å². The van der Waals surface area contributed by atoms with Crippen LogP contribution in [0.25, 0.3) is 0 Å². The van der Waals surface area contributed by atoms with E-state index in [1.165, 1.54) is 0 Å². The Morgan fingerprint density at radius 1 is 1.12 bits per heavy atom. The Balaban J connectivity index is 2.33. The first-order chi connectivity index (χ1) is 7.58. The summed E-state index contributed by atoms with van der Waals surface area (Å²) in [6.07, 6.45) is 0. The molecule has 1 aliphatic heterocycles. The van der Waals surface area contributed by atoms with Crippen molar-refractivity contribution in [1.82, 2.24) is 5.32 Å². The molecular weight excluding hydrogens is 204 g/mol. The van der Waals surface area contributed by atoms with Gasteiger partial charge >= 0.3 is 0 Å². The number of nitrogens with one attached hydrogen (secondary N) is 1. The second-order valence-corrected chi connectivity index (χ2v) is 4.05. The highest BCUT2D eigenvalue weighted by Crippen LogP contribution is 2.23. The number of piperazine rings is 1. The van der Waals surface area contributed by atoms with E-state index in [1.54, 1.807) is 0 Å². The molecule has 0 spiro atoms. The number of amides is 2. The van der Waals surface area contributed by atoms with Gasteiger partial charge in [0.2, 0.25) is 11.8 Å². The Labute approximate surface area is 94.2 Å². The number of nitrogens with zero attached hydrogens (tertiary/aromatic N) is 1. The van der Waals surface area contributed by atoms with Crippen LogP contribution in [0.3, 0.4) is 0 Å². The Morgan fingerprint density at radius 2 is 1.75 bits per heavy atom. The van der Waals surface area contributed by atoms with E-state index >= 15 is 0 Å². The minimum Gasteiger partial charge on any atom is -0.353 e. The summed E-state index contributed by atoms with van der Waals surface area (Å²) in [5, 5.41) is 2.29. The van der Waals surface area contributed by atoms with Gasteiger partial charge in [-0.25, -0.2) is 0 Å². The lowest BCUT2D eigenvalue weighted by atomic mass is 10.1. The molecule has 1 heterocycles. The van der Waals surface area contributed by atoms with Crippen molar-refractivity contribution in [2.45, 2.75) is 13.8 Å². The monoisotopic (exact) mass is 218 g/mol. The quantitative estimate of drug-likeness (QED) is 0.708. The van der Waals surface area contributed by atoms with Gasteiger partial charge in [-0.2, -0.15) is 0 Å². The smallest absolute Gasteiger partial charge is 0.246 e. The molecule has 4 nitrogen and oxygen atoms in total. The molecule has 0 aromatic heterocycles. The number of imide groups is 1. The van der Waals surface area contributed by atoms with Gasteiger partial charge in [0.1, 0.15) is 0 Å². The standard InChI is InChI=1S/C12H14N2O2/c1-8-4-3-5-10(9(8)2)14-6-11(15)13-12(16)7-14/h3-5H,6-7H2,1-2H3,(H,13,15,16). The van der Waals surface area contributed by atoms with Crippen LogP contribution in [0.1, 0.15) is 11.1 Å². The topological polar surface area (TPSA) is 49.4 Å². The molecule has 1 aromatic carbocycles. The molecule has 0 bridgehead atoms. The minimum atomic E-state index is -0.239. The molecule has 1 N–H and O–H groups in total. The van der Waals surface area contributed by atoms with Crippen molar-refractivity contribution in [3.05, 3.63) is 29.3 Å². The van der Waals surface area contributed by atoms with Gasteiger partial charge in [-0.15, -0.1) is 0 Å². The molecule has 0 atom stereocenters. The maximum Gasteiger partial charge on any atom is 0.246 e. The zero-order valence-corrected chi connectivity index (χ0v) is 9.41. The summed E-state index contributed by atoms with van der Waals surface area (Å²) in [6, 6.07) is 5.90. The van der Waals surface area contributed by atoms with Crippen molar-refractivity contribution < 1.29 is 9.59 Å². The first-order valence-electron chi connectivity index (χ1n) is 5.22. The first kappa shape index (κ1) is 10.7. The van der Waals surface area contributed by atoms with Gasteiger partial charge < -0.3 is 4.90 Å². The zero-order chi connectivity index (χ0) is 11.7. The van der Waals surface area contributed by atoms with E-state index < -0.39 is 0 Å². The summed E-state index contributed by atoms with van der Waals surface area (Å²) >= 11 is 0. The molecule has 84 valence electrons. The van der Waals surface area contributed by atoms with E-state index in [1.807, 2.05) is 36.9 Å². The van der Waals surface area contributed by atoms with E-state index in [2.05, 4.69) is 5.32 Å². The number of anilines is 1. The molecule has 1 saturated heterocycles. The van der Waals surface area contributed by atoms with E-state index in [-0.39, 0.29) is 24.9 Å². The average Bonchev–Trinajstić information content (AvgIpc) is 2.20. The minimum absolute atomic E-state index is 0.239. The summed E-state index contributed by atoms with van der Waals surface area (Å²) in [5.74, 6) is -0.477. The molecule has 0 aliphatic carbocycles. The number of hydrogen-bond donors (Lipinski definition) is 1. The van der Waals surface area contributed by atoms with Crippen LogP contribution in [-0.2, 0) is 9.59 Å². The highest BCUT2D eigenvalue weighted by molar-refractivity contribution is 6.02. The van der Waals surface area contributed by atoms with Crippen molar-refractivity contribution in [2.75, 3.05) is 18.0 Å². The van der Waals surface area contributed by atoms with Gasteiger partial charge in [-0.3, -0.25) is 14.9 Å². The Hall–Kier alpha value is -1.84. The van der Waals surface area contributed by atoms with E-state index in [9.17, 15) is 9.59 Å². The number of benzene rings is 1. The maximum atomic E-state index is 11.3. The lowest BCUT2D eigenvalue weighted by Gasteiger charge is -2.29. The molecule has 0 unspecified atom stereocenters. The van der Waals surface area contributed by atoms with Crippen LogP contribution in [0.2, 0.25) is 0 Å². The summed E-state index contributed by atoms with van der Waals surface area (Å²) in [7, 11) is 0. The fourth-order valence-electron chi connectivity index (χ4n) is 1.89. The first-order valence-corrected chi connectivity index (χ1v) is 5.22. The molecule has 2 rings (SSSR count). The highest BCUT2D eigenvalue weighted by atomic mass is 16.2. The highest BCUT2D eigenvalue weighted by Gasteiger charge is 2.23. The number of carbonyl (C=O) groups is 2. The molecule has 0 radical (unpaired) electrons. The molecule has 1 fully saturated rings. The zero-order valence-electron chi connectivity index (χ0n) is 9.41. The summed E-state index contributed by atoms with van der Waals surface area (Å²) in [5.41, 5.74) is 3.24. The third kappa shape index (κ3) is 1.91. The van der Waals surface area contributed by atoms with Crippen LogP contribution in [0.4, 0.5) is 5.69 Å². The molecule has 1 aromatic rings. The summed E-state index contributed by atoms with van der Waals surface area (Å²) in [6.45, 7) is 4.51. The fraction of sp³-hybridized carbons (Fsp3) is 0.333. The number of rotatable bonds is 1. The fourth-order valence-corrected chi connectivity index (χ4v) is 1.89. The van der Waals surface area contributed by atoms with Gasteiger partial charge in [0, 0.05) is 5.69 Å². The number of hydrogen-bond acceptors (Lipinski definition) is 3. The van der Waals surface area contributed by atoms with E-state index in [0.717, 1.165) is 16.8 Å². The van der Waals surface area contributed by atoms with Crippen molar-refractivity contribution in [1.29, 1.82) is 0 Å². The van der Waals surface area contributed by atoms with Crippen LogP contribution in [0.5, 0.6) is 0 Å². The maximum absolute atomic E-state index is 11.3. The van der Waals surface area contributed by atoms with Crippen LogP contribution in [0, 0.1) is 13.8 Å². The van der Waals surface area contributed by atoms with Crippen LogP contribution in [-0.4, -0.2) is 24.9 Å². The molecule has 1 aliphatic rings. The predicted octanol–water partition coefficient (Wildman–Crippen LogP) is 0.766. The van der Waals surface area contributed by atoms with Crippen molar-refractivity contribution in [3.63, 3.8) is 0 Å². The van der Waals surface area contributed by atoms with Gasteiger partial charge in [-0.1, -0.05) is 12.1 Å². The molecule has 0 saturated carbocycles. The molecule has 2 amide bonds. The average molecular weight is 218 g/mol. The van der Waals surface area contributed by atoms with Crippen LogP contribution < -0.4 is 10.2 Å². The Bertz CT molecular complexity index is 438. The van der Waals surface area contributed by atoms with E-state index in [0.29, 0.717) is 0 Å². The number of carbonyl (C=O) groups excluding carboxylic acids is 2. The lowest BCUT2D eigenvalue weighted by Crippen LogP contribution is -2.51. The van der Waals surface area contributed by atoms with Crippen molar-refractivity contribution in [3.8, 4) is 0 Å². The SMILES string of the molecule is Cc1cccc(N2CC(=O)NC(=O)C2)c1C. The third-order valence-corrected chi connectivity index (χ3v) is 2.86. The normalized spacial score (nSPS) is 16.2. The van der Waals surface area contributed by atoms with E-state index in [4.69, 9.17) is 0 Å². The Kier molecular flexibility index (Phi) is 2.64. The lowest BCUT2D eigenvalue weighted by molar-refractivity contribution is -0.130. The van der Waals surface area contributed by atoms with Crippen molar-refractivity contribution >= 4 is 17.5 Å². The van der Waals surface area contributed by atoms with Crippen LogP contribution >= 0.6 is 0 Å². The predicted molar refractivity (Wildman–Crippen MR) is 61.3 cm³/mol. The largest absolute Gasteiger partial charge is 0.353 e. The third-order valence-electron chi connectivity index (χ3n) is 2.86. The van der Waals surface area contributed by atoms with Gasteiger partial charge in [0.25, 0.3) is 0 Å². The molecule has 16 heavy (non-hydrogen) atoms.